The molecule has 0 spiro atoms. The molecule has 96 valence electrons. The number of hydrogen-bond acceptors (Lipinski definition) is 7. The number of hydrogen-bond donors (Lipinski definition) is 1. The van der Waals surface area contributed by atoms with Gasteiger partial charge in [0.25, 0.3) is 0 Å². The summed E-state index contributed by atoms with van der Waals surface area (Å²) in [6.45, 7) is 0. The Labute approximate surface area is 118 Å². The van der Waals surface area contributed by atoms with Gasteiger partial charge in [-0.2, -0.15) is 15.0 Å². The van der Waals surface area contributed by atoms with E-state index in [-0.39, 0.29) is 0 Å². The second-order valence-electron chi connectivity index (χ2n) is 3.50. The monoisotopic (exact) mass is 290 g/mol. The summed E-state index contributed by atoms with van der Waals surface area (Å²) in [7, 11) is 1.78. The van der Waals surface area contributed by atoms with Crippen LogP contribution in [0.2, 0.25) is 0 Å². The smallest absolute Gasteiger partial charge is 0.240 e. The number of aromatic nitrogens is 5. The predicted molar refractivity (Wildman–Crippen MR) is 74.9 cm³/mol. The molecule has 0 atom stereocenters. The largest absolute Gasteiger partial charge is 0.357 e. The molecule has 1 N–H and O–H groups in total. The van der Waals surface area contributed by atoms with Crippen molar-refractivity contribution in [1.82, 2.24) is 24.5 Å². The second kappa shape index (κ2) is 5.37. The van der Waals surface area contributed by atoms with Gasteiger partial charge in [-0.1, -0.05) is 6.07 Å². The van der Waals surface area contributed by atoms with Gasteiger partial charge >= 0.3 is 0 Å². The lowest BCUT2D eigenvalue weighted by molar-refractivity contribution is 0.828. The van der Waals surface area contributed by atoms with Gasteiger partial charge in [-0.3, -0.25) is 4.57 Å². The first kappa shape index (κ1) is 12.1. The highest BCUT2D eigenvalue weighted by atomic mass is 32.2. The Bertz CT molecular complexity index is 650. The number of rotatable bonds is 4. The maximum absolute atomic E-state index is 4.43. The van der Waals surface area contributed by atoms with Crippen molar-refractivity contribution in [3.63, 3.8) is 0 Å². The van der Waals surface area contributed by atoms with Crippen molar-refractivity contribution in [3.05, 3.63) is 36.2 Å². The first-order valence-corrected chi connectivity index (χ1v) is 7.18. The maximum atomic E-state index is 4.43. The van der Waals surface area contributed by atoms with E-state index in [1.807, 2.05) is 17.5 Å². The van der Waals surface area contributed by atoms with Crippen LogP contribution in [0.3, 0.4) is 0 Å². The van der Waals surface area contributed by atoms with Crippen molar-refractivity contribution in [2.75, 3.05) is 12.4 Å². The van der Waals surface area contributed by atoms with Crippen LogP contribution in [-0.4, -0.2) is 31.6 Å². The molecule has 3 aromatic rings. The van der Waals surface area contributed by atoms with Crippen LogP contribution in [-0.2, 0) is 0 Å². The van der Waals surface area contributed by atoms with Gasteiger partial charge in [-0.05, 0) is 23.2 Å². The first-order chi connectivity index (χ1) is 9.35. The molecule has 0 amide bonds. The fraction of sp³-hybridized carbons (Fsp3) is 0.0909. The lowest BCUT2D eigenvalue weighted by Crippen LogP contribution is -2.06. The minimum Gasteiger partial charge on any atom is -0.357 e. The van der Waals surface area contributed by atoms with Crippen LogP contribution in [0.15, 0.2) is 45.6 Å². The summed E-state index contributed by atoms with van der Waals surface area (Å²) in [4.78, 5) is 17.1. The van der Waals surface area contributed by atoms with Gasteiger partial charge in [0.05, 0.1) is 4.21 Å². The van der Waals surface area contributed by atoms with Crippen LogP contribution in [0, 0.1) is 0 Å². The zero-order valence-corrected chi connectivity index (χ0v) is 11.6. The Balaban J connectivity index is 1.98. The van der Waals surface area contributed by atoms with Gasteiger partial charge in [0.1, 0.15) is 6.33 Å². The molecule has 0 aliphatic carbocycles. The van der Waals surface area contributed by atoms with E-state index < -0.39 is 0 Å². The molecule has 8 heteroatoms. The van der Waals surface area contributed by atoms with E-state index in [0.717, 1.165) is 4.21 Å². The van der Waals surface area contributed by atoms with Crippen molar-refractivity contribution >= 4 is 29.0 Å². The second-order valence-corrected chi connectivity index (χ2v) is 5.71. The number of anilines is 1. The third-order valence-electron chi connectivity index (χ3n) is 2.25. The molecule has 0 aliphatic rings. The Kier molecular flexibility index (Phi) is 3.43. The lowest BCUT2D eigenvalue weighted by Gasteiger charge is -2.05. The number of nitrogens with zero attached hydrogens (tertiary/aromatic N) is 5. The standard InChI is InChI=1S/C11H10N6S2/c1-12-9-14-10(17-5-4-13-7-17)16-11(15-9)19-8-3-2-6-18-8/h2-7H,1H3,(H,12,14,15,16). The van der Waals surface area contributed by atoms with Crippen LogP contribution < -0.4 is 5.32 Å². The van der Waals surface area contributed by atoms with Crippen molar-refractivity contribution in [2.24, 2.45) is 0 Å². The molecule has 19 heavy (non-hydrogen) atoms. The Morgan fingerprint density at radius 2 is 2.26 bits per heavy atom. The number of imidazole rings is 1. The predicted octanol–water partition coefficient (Wildman–Crippen LogP) is 2.31. The van der Waals surface area contributed by atoms with E-state index in [2.05, 4.69) is 25.3 Å². The van der Waals surface area contributed by atoms with Crippen LogP contribution in [0.1, 0.15) is 0 Å². The van der Waals surface area contributed by atoms with Crippen molar-refractivity contribution < 1.29 is 0 Å². The minimum absolute atomic E-state index is 0.540. The highest BCUT2D eigenvalue weighted by molar-refractivity contribution is 8.01. The summed E-state index contributed by atoms with van der Waals surface area (Å²) < 4.78 is 2.89. The molecule has 3 rings (SSSR count). The van der Waals surface area contributed by atoms with Crippen molar-refractivity contribution in [3.8, 4) is 5.95 Å². The average molecular weight is 290 g/mol. The fourth-order valence-corrected chi connectivity index (χ4v) is 3.02. The number of nitrogens with one attached hydrogen (secondary N) is 1. The van der Waals surface area contributed by atoms with Crippen LogP contribution in [0.5, 0.6) is 0 Å². The lowest BCUT2D eigenvalue weighted by atomic mass is 10.7. The zero-order chi connectivity index (χ0) is 13.1. The average Bonchev–Trinajstić information content (AvgIpc) is 3.11. The zero-order valence-electron chi connectivity index (χ0n) is 10.0. The van der Waals surface area contributed by atoms with Gasteiger partial charge in [-0.15, -0.1) is 11.3 Å². The third kappa shape index (κ3) is 2.74. The summed E-state index contributed by atoms with van der Waals surface area (Å²) >= 11 is 3.18. The summed E-state index contributed by atoms with van der Waals surface area (Å²) in [5.74, 6) is 1.09. The first-order valence-electron chi connectivity index (χ1n) is 5.48. The van der Waals surface area contributed by atoms with Gasteiger partial charge in [-0.25, -0.2) is 4.98 Å². The summed E-state index contributed by atoms with van der Waals surface area (Å²) in [5.41, 5.74) is 0. The molecule has 0 aliphatic heterocycles. The summed E-state index contributed by atoms with van der Waals surface area (Å²) in [6.07, 6.45) is 5.15. The van der Waals surface area contributed by atoms with Gasteiger partial charge < -0.3 is 5.32 Å². The van der Waals surface area contributed by atoms with E-state index in [4.69, 9.17) is 0 Å². The molecule has 0 saturated carbocycles. The fourth-order valence-electron chi connectivity index (χ4n) is 1.41. The van der Waals surface area contributed by atoms with E-state index in [1.165, 1.54) is 11.8 Å². The van der Waals surface area contributed by atoms with Crippen molar-refractivity contribution in [1.29, 1.82) is 0 Å². The molecule has 0 radical (unpaired) electrons. The topological polar surface area (TPSA) is 68.5 Å². The van der Waals surface area contributed by atoms with Crippen LogP contribution in [0.4, 0.5) is 5.95 Å². The Morgan fingerprint density at radius 3 is 2.95 bits per heavy atom. The summed E-state index contributed by atoms with van der Waals surface area (Å²) in [5, 5.41) is 5.63. The molecule has 0 unspecified atom stereocenters. The molecular weight excluding hydrogens is 280 g/mol. The van der Waals surface area contributed by atoms with E-state index in [0.29, 0.717) is 17.1 Å². The maximum Gasteiger partial charge on any atom is 0.240 e. The van der Waals surface area contributed by atoms with E-state index >= 15 is 0 Å². The molecule has 3 aromatic heterocycles. The Morgan fingerprint density at radius 1 is 1.32 bits per heavy atom. The molecule has 6 nitrogen and oxygen atoms in total. The van der Waals surface area contributed by atoms with Gasteiger partial charge in [0.2, 0.25) is 11.9 Å². The highest BCUT2D eigenvalue weighted by Crippen LogP contribution is 2.29. The van der Waals surface area contributed by atoms with Crippen molar-refractivity contribution in [2.45, 2.75) is 9.37 Å². The molecule has 0 bridgehead atoms. The van der Waals surface area contributed by atoms with Gasteiger partial charge in [0.15, 0.2) is 5.16 Å². The Hall–Kier alpha value is -1.93. The van der Waals surface area contributed by atoms with Crippen LogP contribution in [0.25, 0.3) is 5.95 Å². The minimum atomic E-state index is 0.540. The normalized spacial score (nSPS) is 10.6. The quantitative estimate of drug-likeness (QED) is 0.795. The van der Waals surface area contributed by atoms with E-state index in [9.17, 15) is 0 Å². The summed E-state index contributed by atoms with van der Waals surface area (Å²) in [6, 6.07) is 4.04. The highest BCUT2D eigenvalue weighted by Gasteiger charge is 2.09. The SMILES string of the molecule is CNc1nc(Sc2cccs2)nc(-n2ccnc2)n1. The molecule has 0 aromatic carbocycles. The van der Waals surface area contributed by atoms with Crippen LogP contribution >= 0.6 is 23.1 Å². The molecule has 0 saturated heterocycles. The molecule has 0 fully saturated rings. The molecular formula is C11H10N6S2. The van der Waals surface area contributed by atoms with E-state index in [1.54, 1.807) is 41.7 Å². The number of thiophene rings is 1. The third-order valence-corrected chi connectivity index (χ3v) is 4.15. The molecule has 3 heterocycles. The van der Waals surface area contributed by atoms with Gasteiger partial charge in [0, 0.05) is 19.4 Å².